The van der Waals surface area contributed by atoms with E-state index in [4.69, 9.17) is 21.7 Å². The normalized spacial score (nSPS) is 10.5. The van der Waals surface area contributed by atoms with E-state index in [1.807, 2.05) is 16.9 Å². The van der Waals surface area contributed by atoms with Crippen LogP contribution in [0.4, 0.5) is 0 Å². The lowest BCUT2D eigenvalue weighted by atomic mass is 10.1. The van der Waals surface area contributed by atoms with E-state index in [0.717, 1.165) is 15.2 Å². The number of benzene rings is 1. The predicted octanol–water partition coefficient (Wildman–Crippen LogP) is 3.36. The molecule has 0 atom stereocenters. The number of hydrogen-bond donors (Lipinski definition) is 1. The summed E-state index contributed by atoms with van der Waals surface area (Å²) in [6.07, 6.45) is 0. The van der Waals surface area contributed by atoms with Gasteiger partial charge in [0.25, 0.3) is 0 Å². The molecule has 0 aliphatic heterocycles. The van der Waals surface area contributed by atoms with Gasteiger partial charge in [-0.2, -0.15) is 0 Å². The highest BCUT2D eigenvalue weighted by Crippen LogP contribution is 2.37. The number of aryl methyl sites for hydroxylation is 1. The molecule has 1 aromatic heterocycles. The monoisotopic (exact) mass is 297 g/mol. The number of methoxy groups -OCH3 is 2. The van der Waals surface area contributed by atoms with Crippen LogP contribution in [0.15, 0.2) is 17.5 Å². The predicted molar refractivity (Wildman–Crippen MR) is 78.2 cm³/mol. The van der Waals surface area contributed by atoms with Crippen molar-refractivity contribution in [2.75, 3.05) is 14.2 Å². The lowest BCUT2D eigenvalue weighted by molar-refractivity contribution is 0.339. The molecule has 19 heavy (non-hydrogen) atoms. The maximum atomic E-state index is 9.87. The molecule has 1 heterocycles. The Morgan fingerprint density at radius 3 is 2.26 bits per heavy atom. The third-order valence-corrected chi connectivity index (χ3v) is 4.25. The number of aromatic hydroxyl groups is 1. The van der Waals surface area contributed by atoms with Crippen LogP contribution in [0.3, 0.4) is 0 Å². The van der Waals surface area contributed by atoms with Gasteiger partial charge in [-0.25, -0.2) is 0 Å². The number of rotatable bonds is 4. The minimum absolute atomic E-state index is 0.0133. The summed E-state index contributed by atoms with van der Waals surface area (Å²) in [5.74, 6) is 0.807. The van der Waals surface area contributed by atoms with E-state index in [1.165, 1.54) is 25.6 Å². The topological polar surface area (TPSA) is 43.6 Å². The molecular formula is C13H15NO3S2. The Hall–Kier alpha value is -1.53. The Balaban J connectivity index is 2.43. The summed E-state index contributed by atoms with van der Waals surface area (Å²) in [5, 5.41) is 11.9. The molecule has 102 valence electrons. The molecule has 0 aliphatic rings. The smallest absolute Gasteiger partial charge is 0.200 e. The van der Waals surface area contributed by atoms with Crippen LogP contribution < -0.4 is 9.47 Å². The second-order valence-corrected chi connectivity index (χ2v) is 5.58. The first kappa shape index (κ1) is 13.9. The summed E-state index contributed by atoms with van der Waals surface area (Å²) in [6.45, 7) is 2.64. The lowest BCUT2D eigenvalue weighted by Gasteiger charge is -2.12. The number of nitrogens with zero attached hydrogens (tertiary/aromatic N) is 1. The first-order valence-corrected chi connectivity index (χ1v) is 6.94. The second-order valence-electron chi connectivity index (χ2n) is 4.08. The highest BCUT2D eigenvalue weighted by molar-refractivity contribution is 7.73. The van der Waals surface area contributed by atoms with Gasteiger partial charge in [0.2, 0.25) is 5.75 Å². The van der Waals surface area contributed by atoms with Gasteiger partial charge >= 0.3 is 0 Å². The number of aromatic nitrogens is 1. The Morgan fingerprint density at radius 2 is 1.84 bits per heavy atom. The number of hydrogen-bond acceptors (Lipinski definition) is 5. The summed E-state index contributed by atoms with van der Waals surface area (Å²) in [7, 11) is 3.03. The van der Waals surface area contributed by atoms with Crippen LogP contribution in [-0.4, -0.2) is 23.9 Å². The molecule has 1 aromatic carbocycles. The maximum Gasteiger partial charge on any atom is 0.200 e. The number of phenols is 1. The van der Waals surface area contributed by atoms with Gasteiger partial charge in [0.15, 0.2) is 15.5 Å². The van der Waals surface area contributed by atoms with Crippen molar-refractivity contribution in [3.05, 3.63) is 32.7 Å². The van der Waals surface area contributed by atoms with E-state index < -0.39 is 0 Å². The summed E-state index contributed by atoms with van der Waals surface area (Å²) in [5.41, 5.74) is 2.07. The molecule has 0 saturated carbocycles. The Bertz CT molecular complexity index is 621. The third kappa shape index (κ3) is 2.74. The maximum absolute atomic E-state index is 9.87. The fraction of sp³-hybridized carbons (Fsp3) is 0.308. The Morgan fingerprint density at radius 1 is 1.26 bits per heavy atom. The fourth-order valence-corrected chi connectivity index (χ4v) is 2.91. The van der Waals surface area contributed by atoms with Crippen molar-refractivity contribution < 1.29 is 14.6 Å². The zero-order valence-electron chi connectivity index (χ0n) is 11.0. The second kappa shape index (κ2) is 5.63. The highest BCUT2D eigenvalue weighted by Gasteiger charge is 2.12. The van der Waals surface area contributed by atoms with Crippen molar-refractivity contribution in [3.63, 3.8) is 0 Å². The Kier molecular flexibility index (Phi) is 4.11. The number of phenolic OH excluding ortho intramolecular Hbond substituents is 1. The molecule has 0 aliphatic carbocycles. The van der Waals surface area contributed by atoms with Gasteiger partial charge in [-0.15, -0.1) is 11.3 Å². The van der Waals surface area contributed by atoms with Crippen molar-refractivity contribution in [2.45, 2.75) is 13.5 Å². The molecule has 0 fully saturated rings. The van der Waals surface area contributed by atoms with E-state index in [2.05, 4.69) is 0 Å². The van der Waals surface area contributed by atoms with Crippen molar-refractivity contribution in [1.82, 2.24) is 4.57 Å². The molecule has 2 rings (SSSR count). The first-order valence-electron chi connectivity index (χ1n) is 5.65. The lowest BCUT2D eigenvalue weighted by Crippen LogP contribution is -2.02. The number of thiazole rings is 1. The van der Waals surface area contributed by atoms with E-state index in [9.17, 15) is 5.11 Å². The molecule has 0 saturated heterocycles. The molecular weight excluding hydrogens is 282 g/mol. The van der Waals surface area contributed by atoms with Crippen molar-refractivity contribution in [3.8, 4) is 17.2 Å². The molecule has 6 heteroatoms. The van der Waals surface area contributed by atoms with Crippen LogP contribution in [0.2, 0.25) is 0 Å². The van der Waals surface area contributed by atoms with Gasteiger partial charge in [0.1, 0.15) is 0 Å². The quantitative estimate of drug-likeness (QED) is 0.879. The molecule has 0 spiro atoms. The molecule has 0 amide bonds. The van der Waals surface area contributed by atoms with Crippen molar-refractivity contribution >= 4 is 23.6 Å². The van der Waals surface area contributed by atoms with Gasteiger partial charge in [0, 0.05) is 17.6 Å². The molecule has 1 N–H and O–H groups in total. The van der Waals surface area contributed by atoms with Gasteiger partial charge < -0.3 is 19.1 Å². The van der Waals surface area contributed by atoms with Crippen LogP contribution >= 0.6 is 23.6 Å². The molecule has 2 aromatic rings. The summed E-state index contributed by atoms with van der Waals surface area (Å²) < 4.78 is 13.1. The SMILES string of the molecule is COc1cc(Cn2c(C)csc2=S)cc(OC)c1O. The summed E-state index contributed by atoms with van der Waals surface area (Å²) >= 11 is 6.83. The average molecular weight is 297 g/mol. The van der Waals surface area contributed by atoms with Crippen LogP contribution in [0, 0.1) is 10.9 Å². The zero-order chi connectivity index (χ0) is 14.0. The van der Waals surface area contributed by atoms with Gasteiger partial charge in [-0.05, 0) is 36.8 Å². The van der Waals surface area contributed by atoms with E-state index in [-0.39, 0.29) is 5.75 Å². The first-order chi connectivity index (χ1) is 9.06. The minimum atomic E-state index is 0.0133. The van der Waals surface area contributed by atoms with Crippen LogP contribution in [0.1, 0.15) is 11.3 Å². The number of ether oxygens (including phenoxy) is 2. The summed E-state index contributed by atoms with van der Waals surface area (Å²) in [4.78, 5) is 0. The van der Waals surface area contributed by atoms with Crippen molar-refractivity contribution in [2.24, 2.45) is 0 Å². The van der Waals surface area contributed by atoms with Gasteiger partial charge in [-0.3, -0.25) is 0 Å². The zero-order valence-corrected chi connectivity index (χ0v) is 12.6. The van der Waals surface area contributed by atoms with Crippen LogP contribution in [0.25, 0.3) is 0 Å². The Labute approximate surface area is 120 Å². The molecule has 0 bridgehead atoms. The minimum Gasteiger partial charge on any atom is -0.502 e. The third-order valence-electron chi connectivity index (χ3n) is 2.86. The van der Waals surface area contributed by atoms with E-state index in [0.29, 0.717) is 18.0 Å². The van der Waals surface area contributed by atoms with Crippen molar-refractivity contribution in [1.29, 1.82) is 0 Å². The fourth-order valence-electron chi connectivity index (χ4n) is 1.82. The standard InChI is InChI=1S/C13H15NO3S2/c1-8-7-19-13(18)14(8)6-9-4-10(16-2)12(15)11(5-9)17-3/h4-5,7,15H,6H2,1-3H3. The molecule has 0 radical (unpaired) electrons. The molecule has 0 unspecified atom stereocenters. The van der Waals surface area contributed by atoms with Gasteiger partial charge in [0.05, 0.1) is 14.2 Å². The van der Waals surface area contributed by atoms with Crippen LogP contribution in [-0.2, 0) is 6.54 Å². The largest absolute Gasteiger partial charge is 0.502 e. The van der Waals surface area contributed by atoms with E-state index in [1.54, 1.807) is 12.1 Å². The molecule has 4 nitrogen and oxygen atoms in total. The highest BCUT2D eigenvalue weighted by atomic mass is 32.1. The average Bonchev–Trinajstić information content (AvgIpc) is 2.72. The summed E-state index contributed by atoms with van der Waals surface area (Å²) in [6, 6.07) is 3.58. The van der Waals surface area contributed by atoms with Crippen LogP contribution in [0.5, 0.6) is 17.2 Å². The van der Waals surface area contributed by atoms with E-state index >= 15 is 0 Å². The van der Waals surface area contributed by atoms with Gasteiger partial charge in [-0.1, -0.05) is 0 Å².